The van der Waals surface area contributed by atoms with Crippen molar-refractivity contribution in [3.05, 3.63) is 40.6 Å². The molecule has 0 aliphatic rings. The topological polar surface area (TPSA) is 75.4 Å². The molecular formula is C13H14N2O3. The van der Waals surface area contributed by atoms with E-state index in [4.69, 9.17) is 9.63 Å². The lowest BCUT2D eigenvalue weighted by molar-refractivity contribution is 0.0697. The molecule has 2 aromatic rings. The maximum atomic E-state index is 11.1. The van der Waals surface area contributed by atoms with Crippen LogP contribution in [0.25, 0.3) is 0 Å². The van der Waals surface area contributed by atoms with Crippen LogP contribution in [-0.4, -0.2) is 16.2 Å². The minimum Gasteiger partial charge on any atom is -0.477 e. The number of nitrogens with one attached hydrogen (secondary N) is 1. The summed E-state index contributed by atoms with van der Waals surface area (Å²) in [4.78, 5) is 11.1. The average Bonchev–Trinajstić information content (AvgIpc) is 2.57. The van der Waals surface area contributed by atoms with E-state index in [0.29, 0.717) is 5.69 Å². The van der Waals surface area contributed by atoms with Gasteiger partial charge in [-0.1, -0.05) is 11.2 Å². The summed E-state index contributed by atoms with van der Waals surface area (Å²) in [6.07, 6.45) is 0. The Kier molecular flexibility index (Phi) is 3.06. The van der Waals surface area contributed by atoms with E-state index >= 15 is 0 Å². The number of carboxylic acids is 1. The molecule has 0 radical (unpaired) electrons. The molecule has 0 bridgehead atoms. The molecule has 5 nitrogen and oxygen atoms in total. The van der Waals surface area contributed by atoms with Gasteiger partial charge in [0.15, 0.2) is 0 Å². The van der Waals surface area contributed by atoms with Gasteiger partial charge in [0.25, 0.3) is 0 Å². The van der Waals surface area contributed by atoms with Crippen molar-refractivity contribution in [3.63, 3.8) is 0 Å². The quantitative estimate of drug-likeness (QED) is 0.870. The molecule has 0 unspecified atom stereocenters. The van der Waals surface area contributed by atoms with Crippen molar-refractivity contribution in [2.75, 3.05) is 5.32 Å². The van der Waals surface area contributed by atoms with E-state index in [1.165, 1.54) is 0 Å². The number of aromatic carboxylic acids is 1. The summed E-state index contributed by atoms with van der Waals surface area (Å²) < 4.78 is 5.00. The highest BCUT2D eigenvalue weighted by molar-refractivity contribution is 5.94. The summed E-state index contributed by atoms with van der Waals surface area (Å²) in [5, 5.41) is 15.7. The van der Waals surface area contributed by atoms with Crippen LogP contribution >= 0.6 is 0 Å². The predicted molar refractivity (Wildman–Crippen MR) is 67.4 cm³/mol. The largest absolute Gasteiger partial charge is 0.477 e. The maximum Gasteiger partial charge on any atom is 0.343 e. The molecule has 0 spiro atoms. The van der Waals surface area contributed by atoms with Crippen LogP contribution in [0.4, 0.5) is 11.6 Å². The third-order valence-electron chi connectivity index (χ3n) is 2.56. The number of nitrogens with zero attached hydrogens (tertiary/aromatic N) is 1. The van der Waals surface area contributed by atoms with Gasteiger partial charge in [-0.05, 0) is 44.0 Å². The Bertz CT molecular complexity index is 582. The van der Waals surface area contributed by atoms with Gasteiger partial charge >= 0.3 is 5.97 Å². The Balaban J connectivity index is 2.37. The number of rotatable bonds is 3. The smallest absolute Gasteiger partial charge is 0.343 e. The van der Waals surface area contributed by atoms with Crippen LogP contribution in [0.1, 0.15) is 27.2 Å². The van der Waals surface area contributed by atoms with Crippen LogP contribution in [0.2, 0.25) is 0 Å². The number of benzene rings is 1. The SMILES string of the molecule is Cc1cc(C)cc(Nc2onc(C)c2C(=O)O)c1. The molecule has 94 valence electrons. The highest BCUT2D eigenvalue weighted by Gasteiger charge is 2.19. The van der Waals surface area contributed by atoms with Gasteiger partial charge in [-0.25, -0.2) is 4.79 Å². The molecule has 1 aromatic carbocycles. The number of anilines is 2. The normalized spacial score (nSPS) is 10.4. The van der Waals surface area contributed by atoms with Crippen LogP contribution in [0, 0.1) is 20.8 Å². The molecule has 0 atom stereocenters. The molecular weight excluding hydrogens is 232 g/mol. The third-order valence-corrected chi connectivity index (χ3v) is 2.56. The molecule has 0 amide bonds. The van der Waals surface area contributed by atoms with Crippen molar-refractivity contribution in [1.82, 2.24) is 5.16 Å². The zero-order valence-corrected chi connectivity index (χ0v) is 10.4. The Morgan fingerprint density at radius 2 is 1.83 bits per heavy atom. The maximum absolute atomic E-state index is 11.1. The minimum atomic E-state index is -1.05. The fourth-order valence-electron chi connectivity index (χ4n) is 1.88. The molecule has 18 heavy (non-hydrogen) atoms. The summed E-state index contributed by atoms with van der Waals surface area (Å²) in [5.74, 6) is -0.898. The van der Waals surface area contributed by atoms with Crippen LogP contribution in [0.3, 0.4) is 0 Å². The van der Waals surface area contributed by atoms with Crippen molar-refractivity contribution in [3.8, 4) is 0 Å². The first-order valence-electron chi connectivity index (χ1n) is 5.52. The summed E-state index contributed by atoms with van der Waals surface area (Å²) >= 11 is 0. The molecule has 5 heteroatoms. The van der Waals surface area contributed by atoms with E-state index in [-0.39, 0.29) is 11.4 Å². The lowest BCUT2D eigenvalue weighted by atomic mass is 10.1. The fraction of sp³-hybridized carbons (Fsp3) is 0.231. The van der Waals surface area contributed by atoms with Gasteiger partial charge in [-0.15, -0.1) is 0 Å². The molecule has 2 rings (SSSR count). The van der Waals surface area contributed by atoms with Crippen LogP contribution < -0.4 is 5.32 Å². The monoisotopic (exact) mass is 246 g/mol. The molecule has 0 aliphatic carbocycles. The second kappa shape index (κ2) is 4.52. The van der Waals surface area contributed by atoms with Crippen molar-refractivity contribution >= 4 is 17.5 Å². The number of carboxylic acid groups (broad SMARTS) is 1. The van der Waals surface area contributed by atoms with Crippen LogP contribution in [-0.2, 0) is 0 Å². The van der Waals surface area contributed by atoms with Crippen molar-refractivity contribution in [2.45, 2.75) is 20.8 Å². The molecule has 0 aliphatic heterocycles. The standard InChI is InChI=1S/C13H14N2O3/c1-7-4-8(2)6-10(5-7)14-12-11(13(16)17)9(3)15-18-12/h4-6,14H,1-3H3,(H,16,17). The Hall–Kier alpha value is -2.30. The van der Waals surface area contributed by atoms with Crippen LogP contribution in [0.15, 0.2) is 22.7 Å². The number of hydrogen-bond acceptors (Lipinski definition) is 4. The second-order valence-corrected chi connectivity index (χ2v) is 4.28. The van der Waals surface area contributed by atoms with Crippen molar-refractivity contribution < 1.29 is 14.4 Å². The van der Waals surface area contributed by atoms with E-state index in [0.717, 1.165) is 16.8 Å². The highest BCUT2D eigenvalue weighted by Crippen LogP contribution is 2.24. The van der Waals surface area contributed by atoms with Gasteiger partial charge in [-0.3, -0.25) is 0 Å². The van der Waals surface area contributed by atoms with Gasteiger partial charge in [0.2, 0.25) is 5.88 Å². The first-order chi connectivity index (χ1) is 8.47. The Labute approximate surface area is 104 Å². The van der Waals surface area contributed by atoms with Crippen molar-refractivity contribution in [1.29, 1.82) is 0 Å². The van der Waals surface area contributed by atoms with E-state index in [1.807, 2.05) is 32.0 Å². The lowest BCUT2D eigenvalue weighted by Crippen LogP contribution is -2.01. The number of carbonyl (C=O) groups is 1. The van der Waals surface area contributed by atoms with Gasteiger partial charge in [-0.2, -0.15) is 0 Å². The zero-order valence-electron chi connectivity index (χ0n) is 10.4. The summed E-state index contributed by atoms with van der Waals surface area (Å²) in [6.45, 7) is 5.55. The highest BCUT2D eigenvalue weighted by atomic mass is 16.5. The fourth-order valence-corrected chi connectivity index (χ4v) is 1.88. The van der Waals surface area contributed by atoms with Crippen LogP contribution in [0.5, 0.6) is 0 Å². The van der Waals surface area contributed by atoms with E-state index in [1.54, 1.807) is 6.92 Å². The molecule has 0 fully saturated rings. The van der Waals surface area contributed by atoms with E-state index in [9.17, 15) is 4.79 Å². The Morgan fingerprint density at radius 1 is 1.22 bits per heavy atom. The van der Waals surface area contributed by atoms with E-state index in [2.05, 4.69) is 10.5 Å². The van der Waals surface area contributed by atoms with Crippen molar-refractivity contribution in [2.24, 2.45) is 0 Å². The second-order valence-electron chi connectivity index (χ2n) is 4.28. The summed E-state index contributed by atoms with van der Waals surface area (Å²) in [6, 6.07) is 5.86. The molecule has 0 saturated heterocycles. The first kappa shape index (κ1) is 12.2. The predicted octanol–water partition coefficient (Wildman–Crippen LogP) is 3.04. The number of aryl methyl sites for hydroxylation is 3. The first-order valence-corrected chi connectivity index (χ1v) is 5.52. The summed E-state index contributed by atoms with van der Waals surface area (Å²) in [5.41, 5.74) is 3.38. The summed E-state index contributed by atoms with van der Waals surface area (Å²) in [7, 11) is 0. The number of aromatic nitrogens is 1. The molecule has 1 heterocycles. The van der Waals surface area contributed by atoms with Gasteiger partial charge in [0.05, 0.1) is 5.69 Å². The lowest BCUT2D eigenvalue weighted by Gasteiger charge is -2.06. The number of hydrogen-bond donors (Lipinski definition) is 2. The molecule has 2 N–H and O–H groups in total. The Morgan fingerprint density at radius 3 is 2.39 bits per heavy atom. The average molecular weight is 246 g/mol. The van der Waals surface area contributed by atoms with E-state index < -0.39 is 5.97 Å². The van der Waals surface area contributed by atoms with Gasteiger partial charge in [0.1, 0.15) is 5.56 Å². The van der Waals surface area contributed by atoms with Gasteiger partial charge in [0, 0.05) is 5.69 Å². The third kappa shape index (κ3) is 2.34. The molecule has 0 saturated carbocycles. The minimum absolute atomic E-state index is 0.0640. The zero-order chi connectivity index (χ0) is 13.3. The van der Waals surface area contributed by atoms with Gasteiger partial charge < -0.3 is 14.9 Å². The molecule has 1 aromatic heterocycles.